The molecule has 0 spiro atoms. The molecule has 176 valence electrons. The second kappa shape index (κ2) is 7.79. The molecule has 3 fully saturated rings. The SMILES string of the molecule is CC(C)N(CC1O[C@H]2C[C@@]2(O)[C@@H]1O)C1CC(CCc2nc3ccc(C(C)(C)C)cc3[nH]2)C1. The minimum atomic E-state index is -0.976. The van der Waals surface area contributed by atoms with Crippen LogP contribution < -0.4 is 0 Å². The Labute approximate surface area is 191 Å². The average Bonchev–Trinajstić information content (AvgIpc) is 3.06. The molecule has 1 saturated heterocycles. The number of aromatic amines is 1. The van der Waals surface area contributed by atoms with Gasteiger partial charge in [0.05, 0.1) is 23.2 Å². The van der Waals surface area contributed by atoms with E-state index in [0.717, 1.165) is 29.7 Å². The summed E-state index contributed by atoms with van der Waals surface area (Å²) in [6, 6.07) is 7.50. The number of benzene rings is 1. The molecule has 2 saturated carbocycles. The van der Waals surface area contributed by atoms with Gasteiger partial charge in [0, 0.05) is 31.5 Å². The molecular formula is C26H39N3O3. The van der Waals surface area contributed by atoms with Crippen molar-refractivity contribution in [3.8, 4) is 0 Å². The Morgan fingerprint density at radius 1 is 1.28 bits per heavy atom. The molecule has 1 aromatic carbocycles. The minimum absolute atomic E-state index is 0.139. The highest BCUT2D eigenvalue weighted by molar-refractivity contribution is 5.76. The van der Waals surface area contributed by atoms with Crippen molar-refractivity contribution in [3.05, 3.63) is 29.6 Å². The van der Waals surface area contributed by atoms with Crippen LogP contribution in [0, 0.1) is 5.92 Å². The van der Waals surface area contributed by atoms with Crippen LogP contribution in [0.1, 0.15) is 71.7 Å². The monoisotopic (exact) mass is 441 g/mol. The number of aromatic nitrogens is 2. The summed E-state index contributed by atoms with van der Waals surface area (Å²) >= 11 is 0. The Morgan fingerprint density at radius 3 is 2.66 bits per heavy atom. The van der Waals surface area contributed by atoms with Gasteiger partial charge in [-0.05, 0) is 62.1 Å². The van der Waals surface area contributed by atoms with Crippen LogP contribution >= 0.6 is 0 Å². The number of imidazole rings is 1. The maximum absolute atomic E-state index is 10.4. The highest BCUT2D eigenvalue weighted by Crippen LogP contribution is 2.50. The molecule has 2 aromatic rings. The second-order valence-corrected chi connectivity index (χ2v) is 11.8. The van der Waals surface area contributed by atoms with Crippen molar-refractivity contribution in [2.45, 2.75) is 108 Å². The second-order valence-electron chi connectivity index (χ2n) is 11.8. The van der Waals surface area contributed by atoms with E-state index >= 15 is 0 Å². The molecule has 0 amide bonds. The average molecular weight is 442 g/mol. The van der Waals surface area contributed by atoms with E-state index in [1.165, 1.54) is 18.4 Å². The van der Waals surface area contributed by atoms with Crippen LogP contribution in [0.15, 0.2) is 18.2 Å². The third-order valence-electron chi connectivity index (χ3n) is 8.03. The molecular weight excluding hydrogens is 402 g/mol. The molecule has 3 N–H and O–H groups in total. The molecule has 5 rings (SSSR count). The number of nitrogens with one attached hydrogen (secondary N) is 1. The van der Waals surface area contributed by atoms with Gasteiger partial charge < -0.3 is 19.9 Å². The minimum Gasteiger partial charge on any atom is -0.387 e. The highest BCUT2D eigenvalue weighted by atomic mass is 16.6. The lowest BCUT2D eigenvalue weighted by Crippen LogP contribution is -2.53. The fourth-order valence-corrected chi connectivity index (χ4v) is 5.65. The van der Waals surface area contributed by atoms with Gasteiger partial charge in [0.25, 0.3) is 0 Å². The lowest BCUT2D eigenvalue weighted by Gasteiger charge is -2.46. The maximum Gasteiger partial charge on any atom is 0.122 e. The van der Waals surface area contributed by atoms with Gasteiger partial charge in [0.1, 0.15) is 17.5 Å². The largest absolute Gasteiger partial charge is 0.387 e. The third-order valence-corrected chi connectivity index (χ3v) is 8.03. The Bertz CT molecular complexity index is 974. The number of hydrogen-bond acceptors (Lipinski definition) is 5. The molecule has 32 heavy (non-hydrogen) atoms. The number of fused-ring (bicyclic) bond motifs is 2. The van der Waals surface area contributed by atoms with Gasteiger partial charge in [0.15, 0.2) is 0 Å². The first-order valence-corrected chi connectivity index (χ1v) is 12.4. The lowest BCUT2D eigenvalue weighted by atomic mass is 9.76. The van der Waals surface area contributed by atoms with E-state index in [0.29, 0.717) is 31.0 Å². The quantitative estimate of drug-likeness (QED) is 0.612. The van der Waals surface area contributed by atoms with Crippen LogP contribution in [0.25, 0.3) is 11.0 Å². The van der Waals surface area contributed by atoms with Crippen molar-refractivity contribution >= 4 is 11.0 Å². The predicted molar refractivity (Wildman–Crippen MR) is 126 cm³/mol. The van der Waals surface area contributed by atoms with Gasteiger partial charge in [-0.15, -0.1) is 0 Å². The number of nitrogens with zero attached hydrogens (tertiary/aromatic N) is 2. The first kappa shape index (κ1) is 22.3. The summed E-state index contributed by atoms with van der Waals surface area (Å²) in [5.41, 5.74) is 2.69. The van der Waals surface area contributed by atoms with E-state index in [2.05, 4.69) is 62.7 Å². The highest BCUT2D eigenvalue weighted by Gasteiger charge is 2.67. The summed E-state index contributed by atoms with van der Waals surface area (Å²) in [7, 11) is 0. The zero-order chi connectivity index (χ0) is 22.8. The van der Waals surface area contributed by atoms with E-state index in [-0.39, 0.29) is 17.6 Å². The Kier molecular flexibility index (Phi) is 5.44. The topological polar surface area (TPSA) is 81.6 Å². The van der Waals surface area contributed by atoms with Gasteiger partial charge in [-0.2, -0.15) is 0 Å². The third kappa shape index (κ3) is 4.00. The molecule has 0 radical (unpaired) electrons. The Hall–Kier alpha value is -1.47. The lowest BCUT2D eigenvalue weighted by molar-refractivity contribution is -0.0613. The number of ether oxygens (including phenoxy) is 1. The van der Waals surface area contributed by atoms with E-state index in [1.807, 2.05) is 0 Å². The van der Waals surface area contributed by atoms with Gasteiger partial charge in [0.2, 0.25) is 0 Å². The van der Waals surface area contributed by atoms with Gasteiger partial charge in [-0.25, -0.2) is 4.98 Å². The van der Waals surface area contributed by atoms with E-state index in [4.69, 9.17) is 9.72 Å². The van der Waals surface area contributed by atoms with Crippen molar-refractivity contribution in [3.63, 3.8) is 0 Å². The van der Waals surface area contributed by atoms with Gasteiger partial charge >= 0.3 is 0 Å². The molecule has 4 atom stereocenters. The van der Waals surface area contributed by atoms with Crippen molar-refractivity contribution in [2.24, 2.45) is 5.92 Å². The van der Waals surface area contributed by atoms with Crippen LogP contribution in [0.4, 0.5) is 0 Å². The van der Waals surface area contributed by atoms with Crippen LogP contribution in [0.2, 0.25) is 0 Å². The molecule has 3 aliphatic rings. The molecule has 0 bridgehead atoms. The van der Waals surface area contributed by atoms with Crippen molar-refractivity contribution in [1.29, 1.82) is 0 Å². The van der Waals surface area contributed by atoms with Gasteiger partial charge in [-0.1, -0.05) is 26.8 Å². The molecule has 1 unspecified atom stereocenters. The number of hydrogen-bond donors (Lipinski definition) is 3. The van der Waals surface area contributed by atoms with Crippen LogP contribution in [0.3, 0.4) is 0 Å². The predicted octanol–water partition coefficient (Wildman–Crippen LogP) is 3.55. The first-order chi connectivity index (χ1) is 15.0. The number of aryl methyl sites for hydroxylation is 1. The Morgan fingerprint density at radius 2 is 2.03 bits per heavy atom. The van der Waals surface area contributed by atoms with E-state index < -0.39 is 11.7 Å². The summed E-state index contributed by atoms with van der Waals surface area (Å²) in [5, 5.41) is 20.7. The molecule has 6 heteroatoms. The maximum atomic E-state index is 10.4. The summed E-state index contributed by atoms with van der Waals surface area (Å²) in [4.78, 5) is 10.8. The fraction of sp³-hybridized carbons (Fsp3) is 0.731. The smallest absolute Gasteiger partial charge is 0.122 e. The summed E-state index contributed by atoms with van der Waals surface area (Å²) < 4.78 is 5.89. The number of rotatable bonds is 7. The van der Waals surface area contributed by atoms with E-state index in [1.54, 1.807) is 0 Å². The van der Waals surface area contributed by atoms with Crippen LogP contribution in [-0.4, -0.2) is 67.6 Å². The van der Waals surface area contributed by atoms with E-state index in [9.17, 15) is 10.2 Å². The van der Waals surface area contributed by atoms with Crippen LogP contribution in [0.5, 0.6) is 0 Å². The zero-order valence-corrected chi connectivity index (χ0v) is 20.1. The van der Waals surface area contributed by atoms with Crippen molar-refractivity contribution in [2.75, 3.05) is 6.54 Å². The Balaban J connectivity index is 1.13. The van der Waals surface area contributed by atoms with Gasteiger partial charge in [-0.3, -0.25) is 4.90 Å². The zero-order valence-electron chi connectivity index (χ0n) is 20.1. The molecule has 2 aliphatic carbocycles. The number of H-pyrrole nitrogens is 1. The molecule has 1 aliphatic heterocycles. The first-order valence-electron chi connectivity index (χ1n) is 12.4. The molecule has 1 aromatic heterocycles. The summed E-state index contributed by atoms with van der Waals surface area (Å²) in [6.07, 6.45) is 3.90. The van der Waals surface area contributed by atoms with Crippen molar-refractivity contribution < 1.29 is 14.9 Å². The normalized spacial score (nSPS) is 34.3. The van der Waals surface area contributed by atoms with Crippen LogP contribution in [-0.2, 0) is 16.6 Å². The summed E-state index contributed by atoms with van der Waals surface area (Å²) in [6.45, 7) is 11.8. The fourth-order valence-electron chi connectivity index (χ4n) is 5.65. The number of aliphatic hydroxyl groups excluding tert-OH is 1. The molecule has 6 nitrogen and oxygen atoms in total. The summed E-state index contributed by atoms with van der Waals surface area (Å²) in [5.74, 6) is 1.80. The van der Waals surface area contributed by atoms with Crippen molar-refractivity contribution in [1.82, 2.24) is 14.9 Å². The number of aliphatic hydroxyl groups is 2. The standard InChI is InChI=1S/C26H39N3O3/c1-15(2)29(14-21-24(30)26(31)13-22(26)32-21)18-10-16(11-18)6-9-23-27-19-8-7-17(25(3,4)5)12-20(19)28-23/h7-8,12,15-16,18,21-22,24,30-31H,6,9-11,13-14H2,1-5H3,(H,27,28)/t16?,18?,21?,22-,24+,26-/m0/s1. The molecule has 2 heterocycles.